The molecule has 0 saturated carbocycles. The lowest BCUT2D eigenvalue weighted by molar-refractivity contribution is -0.154. The fraction of sp³-hybridized carbons (Fsp3) is 0.536. The van der Waals surface area contributed by atoms with Crippen molar-refractivity contribution in [3.8, 4) is 5.75 Å². The highest BCUT2D eigenvalue weighted by atomic mass is 35.5. The van der Waals surface area contributed by atoms with Crippen LogP contribution in [0.4, 0.5) is 0 Å². The summed E-state index contributed by atoms with van der Waals surface area (Å²) < 4.78 is 21.8. The first-order chi connectivity index (χ1) is 17.6. The molecule has 0 radical (unpaired) electrons. The smallest absolute Gasteiger partial charge is 0.306 e. The number of esters is 1. The number of unbranched alkanes of at least 4 members (excludes halogenated alkanes) is 1. The second-order valence-corrected chi connectivity index (χ2v) is 10.5. The molecule has 0 heterocycles. The maximum absolute atomic E-state index is 12.2. The first-order valence-electron chi connectivity index (χ1n) is 12.5. The number of hydrogen-bond acceptors (Lipinski definition) is 7. The van der Waals surface area contributed by atoms with Gasteiger partial charge in [0, 0.05) is 30.2 Å². The molecule has 7 nitrogen and oxygen atoms in total. The first kappa shape index (κ1) is 31.3. The fourth-order valence-electron chi connectivity index (χ4n) is 3.81. The van der Waals surface area contributed by atoms with Gasteiger partial charge in [-0.15, -0.1) is 0 Å². The standard InChI is InChI=1S/C28H39Cl2NO6/c1-28(2,3)37-26(33)13-9-8-12-24(31-25(18-32)20-10-6-5-7-11-20)22-16-21(29)17-23(30)27(22)36-19-35-15-14-34-4/h5-7,10-11,16-17,24-25,31-32H,8-9,12-15,18-19H2,1-4H3/t24?,25-/m0/s1. The van der Waals surface area contributed by atoms with E-state index in [9.17, 15) is 9.90 Å². The molecule has 1 unspecified atom stereocenters. The Balaban J connectivity index is 2.23. The number of aliphatic hydroxyl groups excluding tert-OH is 1. The van der Waals surface area contributed by atoms with Crippen molar-refractivity contribution >= 4 is 29.2 Å². The van der Waals surface area contributed by atoms with Crippen LogP contribution in [-0.4, -0.2) is 50.4 Å². The Bertz CT molecular complexity index is 952. The van der Waals surface area contributed by atoms with Gasteiger partial charge in [0.05, 0.1) is 30.9 Å². The quantitative estimate of drug-likeness (QED) is 0.143. The van der Waals surface area contributed by atoms with Gasteiger partial charge in [0.25, 0.3) is 0 Å². The molecule has 2 atom stereocenters. The van der Waals surface area contributed by atoms with E-state index in [1.165, 1.54) is 0 Å². The van der Waals surface area contributed by atoms with E-state index in [1.54, 1.807) is 13.2 Å². The molecule has 0 aliphatic carbocycles. The van der Waals surface area contributed by atoms with Gasteiger partial charge in [0.15, 0.2) is 6.79 Å². The zero-order chi connectivity index (χ0) is 27.3. The second-order valence-electron chi connectivity index (χ2n) is 9.67. The third kappa shape index (κ3) is 11.6. The molecule has 0 amide bonds. The van der Waals surface area contributed by atoms with Gasteiger partial charge in [0.1, 0.15) is 11.4 Å². The largest absolute Gasteiger partial charge is 0.466 e. The number of benzene rings is 2. The summed E-state index contributed by atoms with van der Waals surface area (Å²) in [6, 6.07) is 12.5. The monoisotopic (exact) mass is 555 g/mol. The second kappa shape index (κ2) is 16.2. The molecule has 0 saturated heterocycles. The summed E-state index contributed by atoms with van der Waals surface area (Å²) in [5.41, 5.74) is 1.18. The van der Waals surface area contributed by atoms with Crippen LogP contribution in [0.25, 0.3) is 0 Å². The molecule has 9 heteroatoms. The van der Waals surface area contributed by atoms with E-state index in [0.29, 0.717) is 48.3 Å². The number of rotatable bonds is 16. The predicted molar refractivity (Wildman–Crippen MR) is 146 cm³/mol. The summed E-state index contributed by atoms with van der Waals surface area (Å²) >= 11 is 12.9. The van der Waals surface area contributed by atoms with Crippen molar-refractivity contribution in [3.05, 3.63) is 63.6 Å². The molecular formula is C28H39Cl2NO6. The molecule has 0 aliphatic heterocycles. The summed E-state index contributed by atoms with van der Waals surface area (Å²) in [6.07, 6.45) is 2.33. The molecular weight excluding hydrogens is 517 g/mol. The van der Waals surface area contributed by atoms with E-state index < -0.39 is 5.60 Å². The minimum atomic E-state index is -0.514. The van der Waals surface area contributed by atoms with Crippen LogP contribution in [0.3, 0.4) is 0 Å². The third-order valence-corrected chi connectivity index (χ3v) is 5.96. The lowest BCUT2D eigenvalue weighted by atomic mass is 9.97. The van der Waals surface area contributed by atoms with Gasteiger partial charge in [-0.3, -0.25) is 4.79 Å². The highest BCUT2D eigenvalue weighted by molar-refractivity contribution is 6.35. The van der Waals surface area contributed by atoms with Crippen molar-refractivity contribution in [2.24, 2.45) is 0 Å². The molecule has 2 N–H and O–H groups in total. The third-order valence-electron chi connectivity index (χ3n) is 5.46. The molecule has 0 fully saturated rings. The van der Waals surface area contributed by atoms with Crippen LogP contribution in [0.5, 0.6) is 5.75 Å². The van der Waals surface area contributed by atoms with Gasteiger partial charge >= 0.3 is 5.97 Å². The number of methoxy groups -OCH3 is 1. The van der Waals surface area contributed by atoms with Crippen LogP contribution in [0, 0.1) is 0 Å². The number of carbonyl (C=O) groups excluding carboxylic acids is 1. The normalized spacial score (nSPS) is 13.3. The van der Waals surface area contributed by atoms with Gasteiger partial charge in [-0.2, -0.15) is 0 Å². The van der Waals surface area contributed by atoms with E-state index in [-0.39, 0.29) is 31.5 Å². The number of carbonyl (C=O) groups is 1. The van der Waals surface area contributed by atoms with Gasteiger partial charge in [-0.05, 0) is 51.3 Å². The maximum Gasteiger partial charge on any atom is 0.306 e. The van der Waals surface area contributed by atoms with Crippen molar-refractivity contribution < 1.29 is 28.8 Å². The zero-order valence-corrected chi connectivity index (χ0v) is 23.6. The SMILES string of the molecule is COCCOCOc1c(Cl)cc(Cl)cc1C(CCCCC(=O)OC(C)(C)C)N[C@@H](CO)c1ccccc1. The van der Waals surface area contributed by atoms with Gasteiger partial charge < -0.3 is 29.4 Å². The van der Waals surface area contributed by atoms with E-state index >= 15 is 0 Å². The van der Waals surface area contributed by atoms with Crippen LogP contribution < -0.4 is 10.1 Å². The van der Waals surface area contributed by atoms with E-state index in [2.05, 4.69) is 5.32 Å². The number of halogens is 2. The highest BCUT2D eigenvalue weighted by Crippen LogP contribution is 2.39. The summed E-state index contributed by atoms with van der Waals surface area (Å²) in [5, 5.41) is 14.6. The van der Waals surface area contributed by atoms with Gasteiger partial charge in [-0.1, -0.05) is 60.0 Å². The molecule has 0 spiro atoms. The fourth-order valence-corrected chi connectivity index (χ4v) is 4.38. The lowest BCUT2D eigenvalue weighted by Gasteiger charge is -2.28. The number of ether oxygens (including phenoxy) is 4. The molecule has 0 aromatic heterocycles. The first-order valence-corrected chi connectivity index (χ1v) is 13.2. The number of nitrogens with one attached hydrogen (secondary N) is 1. The van der Waals surface area contributed by atoms with Crippen LogP contribution in [0.2, 0.25) is 10.0 Å². The minimum Gasteiger partial charge on any atom is -0.466 e. The van der Waals surface area contributed by atoms with Crippen molar-refractivity contribution in [1.29, 1.82) is 0 Å². The lowest BCUT2D eigenvalue weighted by Crippen LogP contribution is -2.29. The maximum atomic E-state index is 12.2. The van der Waals surface area contributed by atoms with Crippen molar-refractivity contribution in [2.75, 3.05) is 33.7 Å². The molecule has 2 aromatic rings. The molecule has 206 valence electrons. The average Bonchev–Trinajstić information content (AvgIpc) is 2.84. The van der Waals surface area contributed by atoms with Crippen LogP contribution in [-0.2, 0) is 19.0 Å². The Morgan fingerprint density at radius 2 is 1.78 bits per heavy atom. The van der Waals surface area contributed by atoms with Gasteiger partial charge in [0.2, 0.25) is 0 Å². The van der Waals surface area contributed by atoms with Gasteiger partial charge in [-0.25, -0.2) is 0 Å². The van der Waals surface area contributed by atoms with Crippen LogP contribution in [0.1, 0.15) is 69.7 Å². The molecule has 2 aromatic carbocycles. The number of aliphatic hydroxyl groups is 1. The number of hydrogen-bond donors (Lipinski definition) is 2. The summed E-state index contributed by atoms with van der Waals surface area (Å²) in [7, 11) is 1.60. The highest BCUT2D eigenvalue weighted by Gasteiger charge is 2.24. The average molecular weight is 557 g/mol. The molecule has 37 heavy (non-hydrogen) atoms. The van der Waals surface area contributed by atoms with E-state index in [1.807, 2.05) is 57.2 Å². The van der Waals surface area contributed by atoms with Crippen molar-refractivity contribution in [2.45, 2.75) is 64.1 Å². The van der Waals surface area contributed by atoms with Crippen LogP contribution >= 0.6 is 23.2 Å². The minimum absolute atomic E-state index is 0.00874. The Hall–Kier alpha value is -1.87. The molecule has 0 aliphatic rings. The molecule has 0 bridgehead atoms. The summed E-state index contributed by atoms with van der Waals surface area (Å²) in [5.74, 6) is 0.232. The Morgan fingerprint density at radius 1 is 1.05 bits per heavy atom. The van der Waals surface area contributed by atoms with E-state index in [0.717, 1.165) is 17.5 Å². The molecule has 2 rings (SSSR count). The Labute approximate surface area is 230 Å². The van der Waals surface area contributed by atoms with Crippen molar-refractivity contribution in [1.82, 2.24) is 5.32 Å². The summed E-state index contributed by atoms with van der Waals surface area (Å²) in [6.45, 7) is 6.27. The predicted octanol–water partition coefficient (Wildman–Crippen LogP) is 6.26. The Kier molecular flexibility index (Phi) is 13.7. The zero-order valence-electron chi connectivity index (χ0n) is 22.1. The van der Waals surface area contributed by atoms with Crippen molar-refractivity contribution in [3.63, 3.8) is 0 Å². The Morgan fingerprint density at radius 3 is 2.43 bits per heavy atom. The van der Waals surface area contributed by atoms with E-state index in [4.69, 9.17) is 42.1 Å². The topological polar surface area (TPSA) is 86.3 Å². The van der Waals surface area contributed by atoms with Crippen LogP contribution in [0.15, 0.2) is 42.5 Å². The summed E-state index contributed by atoms with van der Waals surface area (Å²) in [4.78, 5) is 12.2.